The molecule has 2 nitrogen and oxygen atoms in total. The van der Waals surface area contributed by atoms with Gasteiger partial charge in [0, 0.05) is 16.0 Å². The first-order valence-electron chi connectivity index (χ1n) is 6.19. The van der Waals surface area contributed by atoms with Crippen LogP contribution in [0.25, 0.3) is 0 Å². The molecular weight excluding hydrogens is 234 g/mol. The number of Topliss-reactive ketones (excluding diaryl/α,β-unsaturated/α-hetero) is 1. The van der Waals surface area contributed by atoms with Crippen molar-refractivity contribution >= 4 is 17.4 Å². The van der Waals surface area contributed by atoms with E-state index in [9.17, 15) is 4.79 Å². The summed E-state index contributed by atoms with van der Waals surface area (Å²) in [6.45, 7) is 3.99. The van der Waals surface area contributed by atoms with E-state index in [1.807, 2.05) is 12.1 Å². The second-order valence-electron chi connectivity index (χ2n) is 4.72. The van der Waals surface area contributed by atoms with Gasteiger partial charge in [-0.1, -0.05) is 18.5 Å². The Kier molecular flexibility index (Phi) is 3.85. The van der Waals surface area contributed by atoms with E-state index in [2.05, 4.69) is 12.2 Å². The third kappa shape index (κ3) is 2.53. The van der Waals surface area contributed by atoms with Crippen LogP contribution in [0.15, 0.2) is 24.3 Å². The molecule has 0 spiro atoms. The highest BCUT2D eigenvalue weighted by Gasteiger charge is 2.37. The van der Waals surface area contributed by atoms with Gasteiger partial charge in [0.05, 0.1) is 0 Å². The number of halogens is 1. The van der Waals surface area contributed by atoms with Gasteiger partial charge >= 0.3 is 0 Å². The summed E-state index contributed by atoms with van der Waals surface area (Å²) >= 11 is 5.85. The second kappa shape index (κ2) is 5.19. The number of hydrogen-bond donors (Lipinski definition) is 1. The van der Waals surface area contributed by atoms with Crippen LogP contribution in [0.1, 0.15) is 36.5 Å². The molecule has 0 atom stereocenters. The van der Waals surface area contributed by atoms with E-state index in [0.29, 0.717) is 5.02 Å². The summed E-state index contributed by atoms with van der Waals surface area (Å²) in [4.78, 5) is 12.6. The number of nitrogens with one attached hydrogen (secondary N) is 1. The molecule has 1 aliphatic heterocycles. The molecule has 0 saturated carbocycles. The van der Waals surface area contributed by atoms with Crippen molar-refractivity contribution in [3.8, 4) is 0 Å². The first-order chi connectivity index (χ1) is 8.18. The van der Waals surface area contributed by atoms with Crippen molar-refractivity contribution in [3.63, 3.8) is 0 Å². The predicted octanol–water partition coefficient (Wildman–Crippen LogP) is 3.30. The first-order valence-corrected chi connectivity index (χ1v) is 6.57. The molecule has 1 aliphatic rings. The van der Waals surface area contributed by atoms with Crippen LogP contribution in [0.3, 0.4) is 0 Å². The Morgan fingerprint density at radius 3 is 2.41 bits per heavy atom. The molecule has 0 radical (unpaired) electrons. The third-order valence-electron chi connectivity index (χ3n) is 3.83. The van der Waals surface area contributed by atoms with Gasteiger partial charge in [0.1, 0.15) is 0 Å². The SMILES string of the molecule is CCC1(C(=O)c2ccc(Cl)cc2)CCNCC1. The summed E-state index contributed by atoms with van der Waals surface area (Å²) in [6.07, 6.45) is 2.78. The van der Waals surface area contributed by atoms with Gasteiger partial charge in [0.15, 0.2) is 5.78 Å². The maximum atomic E-state index is 12.6. The summed E-state index contributed by atoms with van der Waals surface area (Å²) in [5.41, 5.74) is 0.622. The smallest absolute Gasteiger partial charge is 0.169 e. The number of piperidine rings is 1. The molecule has 1 aromatic rings. The summed E-state index contributed by atoms with van der Waals surface area (Å²) in [7, 11) is 0. The largest absolute Gasteiger partial charge is 0.317 e. The molecule has 1 heterocycles. The Morgan fingerprint density at radius 1 is 1.29 bits per heavy atom. The Hall–Kier alpha value is -0.860. The van der Waals surface area contributed by atoms with Gasteiger partial charge in [-0.05, 0) is 56.6 Å². The van der Waals surface area contributed by atoms with Crippen LogP contribution in [0.5, 0.6) is 0 Å². The fourth-order valence-electron chi connectivity index (χ4n) is 2.55. The molecule has 0 aromatic heterocycles. The van der Waals surface area contributed by atoms with Crippen molar-refractivity contribution in [3.05, 3.63) is 34.9 Å². The molecule has 1 fully saturated rings. The number of benzene rings is 1. The van der Waals surface area contributed by atoms with Gasteiger partial charge in [-0.3, -0.25) is 4.79 Å². The van der Waals surface area contributed by atoms with Gasteiger partial charge < -0.3 is 5.32 Å². The lowest BCUT2D eigenvalue weighted by Crippen LogP contribution is -2.41. The summed E-state index contributed by atoms with van der Waals surface area (Å²) in [5.74, 6) is 0.276. The minimum Gasteiger partial charge on any atom is -0.317 e. The number of ketones is 1. The molecule has 0 unspecified atom stereocenters. The van der Waals surface area contributed by atoms with Crippen LogP contribution >= 0.6 is 11.6 Å². The van der Waals surface area contributed by atoms with Crippen LogP contribution in [-0.2, 0) is 0 Å². The molecular formula is C14H18ClNO. The fraction of sp³-hybridized carbons (Fsp3) is 0.500. The lowest BCUT2D eigenvalue weighted by molar-refractivity contribution is 0.0717. The maximum absolute atomic E-state index is 12.6. The van der Waals surface area contributed by atoms with Gasteiger partial charge in [-0.15, -0.1) is 0 Å². The highest BCUT2D eigenvalue weighted by Crippen LogP contribution is 2.36. The molecule has 1 saturated heterocycles. The number of rotatable bonds is 3. The lowest BCUT2D eigenvalue weighted by Gasteiger charge is -2.35. The van der Waals surface area contributed by atoms with E-state index in [-0.39, 0.29) is 11.2 Å². The van der Waals surface area contributed by atoms with Crippen LogP contribution in [-0.4, -0.2) is 18.9 Å². The van der Waals surface area contributed by atoms with Crippen molar-refractivity contribution in [2.75, 3.05) is 13.1 Å². The van der Waals surface area contributed by atoms with Crippen LogP contribution in [0.4, 0.5) is 0 Å². The van der Waals surface area contributed by atoms with E-state index in [0.717, 1.165) is 37.9 Å². The van der Waals surface area contributed by atoms with E-state index >= 15 is 0 Å². The average Bonchev–Trinajstić information content (AvgIpc) is 2.39. The Labute approximate surface area is 107 Å². The Balaban J connectivity index is 2.25. The van der Waals surface area contributed by atoms with Crippen molar-refractivity contribution in [1.82, 2.24) is 5.32 Å². The molecule has 0 bridgehead atoms. The zero-order chi connectivity index (χ0) is 12.3. The Morgan fingerprint density at radius 2 is 1.88 bits per heavy atom. The van der Waals surface area contributed by atoms with E-state index in [1.165, 1.54) is 0 Å². The van der Waals surface area contributed by atoms with Crippen molar-refractivity contribution in [2.24, 2.45) is 5.41 Å². The minimum atomic E-state index is -0.168. The van der Waals surface area contributed by atoms with Gasteiger partial charge in [0.25, 0.3) is 0 Å². The zero-order valence-corrected chi connectivity index (χ0v) is 10.9. The molecule has 0 amide bonds. The summed E-state index contributed by atoms with van der Waals surface area (Å²) < 4.78 is 0. The standard InChI is InChI=1S/C14H18ClNO/c1-2-14(7-9-16-10-8-14)13(17)11-3-5-12(15)6-4-11/h3-6,16H,2,7-10H2,1H3. The van der Waals surface area contributed by atoms with Crippen LogP contribution in [0.2, 0.25) is 5.02 Å². The third-order valence-corrected chi connectivity index (χ3v) is 4.08. The number of carbonyl (C=O) groups is 1. The van der Waals surface area contributed by atoms with Crippen LogP contribution < -0.4 is 5.32 Å². The molecule has 2 rings (SSSR count). The lowest BCUT2D eigenvalue weighted by atomic mass is 9.71. The average molecular weight is 252 g/mol. The molecule has 0 aliphatic carbocycles. The van der Waals surface area contributed by atoms with E-state index < -0.39 is 0 Å². The summed E-state index contributed by atoms with van der Waals surface area (Å²) in [6, 6.07) is 7.26. The fourth-order valence-corrected chi connectivity index (χ4v) is 2.68. The Bertz CT molecular complexity index is 393. The second-order valence-corrected chi connectivity index (χ2v) is 5.16. The molecule has 1 aromatic carbocycles. The molecule has 17 heavy (non-hydrogen) atoms. The number of carbonyl (C=O) groups excluding carboxylic acids is 1. The van der Waals surface area contributed by atoms with Gasteiger partial charge in [-0.25, -0.2) is 0 Å². The molecule has 3 heteroatoms. The zero-order valence-electron chi connectivity index (χ0n) is 10.1. The maximum Gasteiger partial charge on any atom is 0.169 e. The molecule has 1 N–H and O–H groups in total. The first kappa shape index (κ1) is 12.6. The van der Waals surface area contributed by atoms with E-state index in [1.54, 1.807) is 12.1 Å². The van der Waals surface area contributed by atoms with Gasteiger partial charge in [0.2, 0.25) is 0 Å². The highest BCUT2D eigenvalue weighted by molar-refractivity contribution is 6.30. The van der Waals surface area contributed by atoms with Crippen molar-refractivity contribution < 1.29 is 4.79 Å². The highest BCUT2D eigenvalue weighted by atomic mass is 35.5. The quantitative estimate of drug-likeness (QED) is 0.836. The van der Waals surface area contributed by atoms with Crippen molar-refractivity contribution in [2.45, 2.75) is 26.2 Å². The van der Waals surface area contributed by atoms with Crippen LogP contribution in [0, 0.1) is 5.41 Å². The summed E-state index contributed by atoms with van der Waals surface area (Å²) in [5, 5.41) is 3.99. The molecule has 92 valence electrons. The minimum absolute atomic E-state index is 0.168. The topological polar surface area (TPSA) is 29.1 Å². The van der Waals surface area contributed by atoms with E-state index in [4.69, 9.17) is 11.6 Å². The monoisotopic (exact) mass is 251 g/mol. The number of hydrogen-bond acceptors (Lipinski definition) is 2. The normalized spacial score (nSPS) is 18.9. The predicted molar refractivity (Wildman–Crippen MR) is 70.6 cm³/mol. The van der Waals surface area contributed by atoms with Gasteiger partial charge in [-0.2, -0.15) is 0 Å². The van der Waals surface area contributed by atoms with Crippen molar-refractivity contribution in [1.29, 1.82) is 0 Å².